The van der Waals surface area contributed by atoms with E-state index in [2.05, 4.69) is 10.2 Å². The normalized spacial score (nSPS) is 10.6. The van der Waals surface area contributed by atoms with Gasteiger partial charge >= 0.3 is 5.97 Å². The number of nitrogens with zero attached hydrogens (tertiary/aromatic N) is 3. The van der Waals surface area contributed by atoms with Crippen LogP contribution < -0.4 is 5.84 Å². The molecule has 2 aromatic rings. The van der Waals surface area contributed by atoms with Crippen molar-refractivity contribution in [3.05, 3.63) is 29.3 Å². The third-order valence-corrected chi connectivity index (χ3v) is 3.55. The van der Waals surface area contributed by atoms with Crippen LogP contribution in [0.4, 0.5) is 0 Å². The minimum Gasteiger partial charge on any atom is -0.481 e. The highest BCUT2D eigenvalue weighted by Gasteiger charge is 2.15. The zero-order valence-corrected chi connectivity index (χ0v) is 11.4. The SMILES string of the molecule is Cc1ccc(C)c(-c2nnc(SCC(=O)O)n2N)c1. The number of hydrogen-bond donors (Lipinski definition) is 2. The Labute approximate surface area is 114 Å². The summed E-state index contributed by atoms with van der Waals surface area (Å²) in [5.41, 5.74) is 3.04. The lowest BCUT2D eigenvalue weighted by atomic mass is 10.1. The maximum absolute atomic E-state index is 10.5. The Hall–Kier alpha value is -2.02. The van der Waals surface area contributed by atoms with Crippen LogP contribution in [-0.2, 0) is 4.79 Å². The van der Waals surface area contributed by atoms with E-state index in [9.17, 15) is 4.79 Å². The highest BCUT2D eigenvalue weighted by Crippen LogP contribution is 2.25. The second kappa shape index (κ2) is 5.31. The van der Waals surface area contributed by atoms with Crippen LogP contribution in [0.25, 0.3) is 11.4 Å². The summed E-state index contributed by atoms with van der Waals surface area (Å²) in [6.45, 7) is 3.95. The van der Waals surface area contributed by atoms with Crippen molar-refractivity contribution in [2.24, 2.45) is 0 Å². The number of thioether (sulfide) groups is 1. The minimum absolute atomic E-state index is 0.0951. The number of rotatable bonds is 4. The van der Waals surface area contributed by atoms with Gasteiger partial charge in [-0.1, -0.05) is 29.5 Å². The van der Waals surface area contributed by atoms with E-state index >= 15 is 0 Å². The van der Waals surface area contributed by atoms with E-state index in [1.165, 1.54) is 4.68 Å². The molecule has 2 rings (SSSR count). The highest BCUT2D eigenvalue weighted by molar-refractivity contribution is 7.99. The van der Waals surface area contributed by atoms with E-state index in [1.54, 1.807) is 0 Å². The molecule has 0 fully saturated rings. The molecule has 1 heterocycles. The summed E-state index contributed by atoms with van der Waals surface area (Å²) in [6, 6.07) is 5.98. The molecule has 0 radical (unpaired) electrons. The Morgan fingerprint density at radius 2 is 2.16 bits per heavy atom. The van der Waals surface area contributed by atoms with E-state index in [4.69, 9.17) is 10.9 Å². The Bertz CT molecular complexity index is 624. The Kier molecular flexibility index (Phi) is 3.75. The number of carboxylic acid groups (broad SMARTS) is 1. The van der Waals surface area contributed by atoms with E-state index < -0.39 is 5.97 Å². The lowest BCUT2D eigenvalue weighted by molar-refractivity contribution is -0.133. The summed E-state index contributed by atoms with van der Waals surface area (Å²) >= 11 is 1.05. The Morgan fingerprint density at radius 1 is 1.42 bits per heavy atom. The molecule has 7 heteroatoms. The quantitative estimate of drug-likeness (QED) is 0.649. The number of aryl methyl sites for hydroxylation is 2. The largest absolute Gasteiger partial charge is 0.481 e. The number of carboxylic acids is 1. The molecule has 0 saturated carbocycles. The summed E-state index contributed by atoms with van der Waals surface area (Å²) in [6.07, 6.45) is 0. The van der Waals surface area contributed by atoms with Gasteiger partial charge in [0.2, 0.25) is 5.16 Å². The second-order valence-corrected chi connectivity index (χ2v) is 5.12. The van der Waals surface area contributed by atoms with Gasteiger partial charge in [0.15, 0.2) is 5.82 Å². The van der Waals surface area contributed by atoms with Crippen LogP contribution in [0.3, 0.4) is 0 Å². The molecule has 1 aromatic heterocycles. The van der Waals surface area contributed by atoms with Gasteiger partial charge in [-0.3, -0.25) is 4.79 Å². The summed E-state index contributed by atoms with van der Waals surface area (Å²) < 4.78 is 1.33. The molecule has 0 aliphatic heterocycles. The number of aliphatic carboxylic acids is 1. The van der Waals surface area contributed by atoms with Crippen LogP contribution in [0.5, 0.6) is 0 Å². The lowest BCUT2D eigenvalue weighted by Gasteiger charge is -2.06. The fourth-order valence-electron chi connectivity index (χ4n) is 1.66. The van der Waals surface area contributed by atoms with Gasteiger partial charge in [0.1, 0.15) is 0 Å². The molecule has 0 spiro atoms. The number of hydrogen-bond acceptors (Lipinski definition) is 5. The summed E-state index contributed by atoms with van der Waals surface area (Å²) in [4.78, 5) is 10.5. The van der Waals surface area contributed by atoms with E-state index in [-0.39, 0.29) is 5.75 Å². The van der Waals surface area contributed by atoms with Crippen molar-refractivity contribution in [2.75, 3.05) is 11.6 Å². The molecule has 3 N–H and O–H groups in total. The van der Waals surface area contributed by atoms with Gasteiger partial charge in [-0.15, -0.1) is 10.2 Å². The van der Waals surface area contributed by atoms with Crippen LogP contribution in [0.2, 0.25) is 0 Å². The fraction of sp³-hybridized carbons (Fsp3) is 0.250. The second-order valence-electron chi connectivity index (χ2n) is 4.18. The van der Waals surface area contributed by atoms with Gasteiger partial charge < -0.3 is 10.9 Å². The number of aromatic nitrogens is 3. The highest BCUT2D eigenvalue weighted by atomic mass is 32.2. The maximum atomic E-state index is 10.5. The molecule has 19 heavy (non-hydrogen) atoms. The average Bonchev–Trinajstić information content (AvgIpc) is 2.71. The molecule has 0 bridgehead atoms. The van der Waals surface area contributed by atoms with Crippen molar-refractivity contribution in [1.29, 1.82) is 0 Å². The summed E-state index contributed by atoms with van der Waals surface area (Å²) in [7, 11) is 0. The summed E-state index contributed by atoms with van der Waals surface area (Å²) in [5, 5.41) is 17.0. The topological polar surface area (TPSA) is 94.0 Å². The van der Waals surface area contributed by atoms with Crippen LogP contribution in [0, 0.1) is 13.8 Å². The first-order chi connectivity index (χ1) is 8.99. The zero-order valence-electron chi connectivity index (χ0n) is 10.6. The fourth-order valence-corrected chi connectivity index (χ4v) is 2.24. The van der Waals surface area contributed by atoms with E-state index in [1.807, 2.05) is 32.0 Å². The molecule has 0 unspecified atom stereocenters. The van der Waals surface area contributed by atoms with Gasteiger partial charge in [-0.2, -0.15) is 0 Å². The molecule has 0 saturated heterocycles. The van der Waals surface area contributed by atoms with Gasteiger partial charge in [0, 0.05) is 5.56 Å². The molecule has 1 aromatic carbocycles. The van der Waals surface area contributed by atoms with E-state index in [0.717, 1.165) is 28.5 Å². The number of nitrogen functional groups attached to an aromatic ring is 1. The molecule has 6 nitrogen and oxygen atoms in total. The molecular formula is C12H14N4O2S. The van der Waals surface area contributed by atoms with E-state index in [0.29, 0.717) is 11.0 Å². The molecule has 0 atom stereocenters. The molecular weight excluding hydrogens is 264 g/mol. The number of nitrogens with two attached hydrogens (primary N) is 1. The molecule has 100 valence electrons. The molecule has 0 aliphatic rings. The first kappa shape index (κ1) is 13.4. The monoisotopic (exact) mass is 278 g/mol. The van der Waals surface area contributed by atoms with Gasteiger partial charge in [-0.05, 0) is 25.5 Å². The Balaban J connectivity index is 2.36. The van der Waals surface area contributed by atoms with Crippen LogP contribution in [0.1, 0.15) is 11.1 Å². The van der Waals surface area contributed by atoms with Gasteiger partial charge in [-0.25, -0.2) is 4.68 Å². The lowest BCUT2D eigenvalue weighted by Crippen LogP contribution is -2.13. The van der Waals surface area contributed by atoms with Crippen molar-refractivity contribution in [3.63, 3.8) is 0 Å². The van der Waals surface area contributed by atoms with Crippen LogP contribution in [-0.4, -0.2) is 31.7 Å². The first-order valence-electron chi connectivity index (χ1n) is 5.61. The average molecular weight is 278 g/mol. The van der Waals surface area contributed by atoms with Crippen LogP contribution >= 0.6 is 11.8 Å². The zero-order chi connectivity index (χ0) is 14.0. The third kappa shape index (κ3) is 2.87. The predicted molar refractivity (Wildman–Crippen MR) is 73.4 cm³/mol. The van der Waals surface area contributed by atoms with Crippen molar-refractivity contribution in [1.82, 2.24) is 14.9 Å². The maximum Gasteiger partial charge on any atom is 0.313 e. The minimum atomic E-state index is -0.915. The van der Waals surface area contributed by atoms with Gasteiger partial charge in [0.05, 0.1) is 5.75 Å². The van der Waals surface area contributed by atoms with Gasteiger partial charge in [0.25, 0.3) is 0 Å². The predicted octanol–water partition coefficient (Wildman–Crippen LogP) is 1.45. The van der Waals surface area contributed by atoms with Crippen molar-refractivity contribution < 1.29 is 9.90 Å². The van der Waals surface area contributed by atoms with Crippen molar-refractivity contribution in [2.45, 2.75) is 19.0 Å². The number of benzene rings is 1. The first-order valence-corrected chi connectivity index (χ1v) is 6.60. The third-order valence-electron chi connectivity index (χ3n) is 2.62. The molecule has 0 amide bonds. The molecule has 0 aliphatic carbocycles. The van der Waals surface area contributed by atoms with Crippen LogP contribution in [0.15, 0.2) is 23.4 Å². The smallest absolute Gasteiger partial charge is 0.313 e. The standard InChI is InChI=1S/C12H14N4O2S/c1-7-3-4-8(2)9(5-7)11-14-15-12(16(11)13)19-6-10(17)18/h3-5H,6,13H2,1-2H3,(H,17,18). The number of carbonyl (C=O) groups is 1. The van der Waals surface area contributed by atoms with Crippen molar-refractivity contribution >= 4 is 17.7 Å². The Morgan fingerprint density at radius 3 is 2.84 bits per heavy atom. The van der Waals surface area contributed by atoms with Crippen molar-refractivity contribution in [3.8, 4) is 11.4 Å². The summed E-state index contributed by atoms with van der Waals surface area (Å²) in [5.74, 6) is 5.44.